The van der Waals surface area contributed by atoms with Gasteiger partial charge in [0.05, 0.1) is 12.1 Å². The second kappa shape index (κ2) is 5.34. The molecule has 0 fully saturated rings. The minimum absolute atomic E-state index is 0.0115. The number of aryl methyl sites for hydroxylation is 1. The van der Waals surface area contributed by atoms with E-state index < -0.39 is 11.4 Å². The van der Waals surface area contributed by atoms with Crippen molar-refractivity contribution in [1.82, 2.24) is 14.3 Å². The largest absolute Gasteiger partial charge is 0.495 e. The summed E-state index contributed by atoms with van der Waals surface area (Å²) in [5.74, 6) is -0.394. The van der Waals surface area contributed by atoms with E-state index in [1.807, 2.05) is 0 Å². The number of halogens is 2. The van der Waals surface area contributed by atoms with Crippen molar-refractivity contribution in [2.75, 3.05) is 7.11 Å². The third-order valence-electron chi connectivity index (χ3n) is 2.82. The average Bonchev–Trinajstić information content (AvgIpc) is 2.41. The van der Waals surface area contributed by atoms with Crippen LogP contribution in [0.5, 0.6) is 5.75 Å². The highest BCUT2D eigenvalue weighted by molar-refractivity contribution is 7.71. The van der Waals surface area contributed by atoms with Crippen LogP contribution in [0.15, 0.2) is 16.9 Å². The summed E-state index contributed by atoms with van der Waals surface area (Å²) in [7, 11) is 4.48. The number of hydrogen-bond acceptors (Lipinski definition) is 4. The summed E-state index contributed by atoms with van der Waals surface area (Å²) in [6.07, 6.45) is 0. The van der Waals surface area contributed by atoms with Crippen molar-refractivity contribution in [1.29, 1.82) is 0 Å². The number of ether oxygens (including phenoxy) is 1. The van der Waals surface area contributed by atoms with Crippen LogP contribution in [-0.4, -0.2) is 21.5 Å². The van der Waals surface area contributed by atoms with Crippen LogP contribution in [-0.2, 0) is 14.1 Å². The van der Waals surface area contributed by atoms with Gasteiger partial charge in [0, 0.05) is 19.7 Å². The Hall–Kier alpha value is -1.73. The van der Waals surface area contributed by atoms with Crippen LogP contribution in [0.4, 0.5) is 4.39 Å². The smallest absolute Gasteiger partial charge is 0.280 e. The van der Waals surface area contributed by atoms with Gasteiger partial charge in [-0.15, -0.1) is 0 Å². The second-order valence-corrected chi connectivity index (χ2v) is 4.86. The second-order valence-electron chi connectivity index (χ2n) is 4.09. The summed E-state index contributed by atoms with van der Waals surface area (Å²) in [6, 6.07) is 2.42. The van der Waals surface area contributed by atoms with Gasteiger partial charge in [-0.1, -0.05) is 11.6 Å². The van der Waals surface area contributed by atoms with E-state index >= 15 is 0 Å². The molecule has 106 valence electrons. The molecular weight excluding hydrogens is 305 g/mol. The lowest BCUT2D eigenvalue weighted by atomic mass is 10.1. The quantitative estimate of drug-likeness (QED) is 0.798. The highest BCUT2D eigenvalue weighted by Crippen LogP contribution is 2.31. The van der Waals surface area contributed by atoms with Gasteiger partial charge in [0.2, 0.25) is 0 Å². The van der Waals surface area contributed by atoms with E-state index in [0.29, 0.717) is 0 Å². The molecule has 0 saturated carbocycles. The van der Waals surface area contributed by atoms with Crippen LogP contribution in [0.2, 0.25) is 5.02 Å². The number of nitrogens with zero attached hydrogens (tertiary/aromatic N) is 3. The fraction of sp³-hybridized carbons (Fsp3) is 0.250. The van der Waals surface area contributed by atoms with Crippen molar-refractivity contribution in [3.05, 3.63) is 38.1 Å². The predicted molar refractivity (Wildman–Crippen MR) is 76.2 cm³/mol. The highest BCUT2D eigenvalue weighted by atomic mass is 35.5. The molecule has 0 atom stereocenters. The van der Waals surface area contributed by atoms with Crippen LogP contribution in [0.25, 0.3) is 11.3 Å². The number of hydrogen-bond donors (Lipinski definition) is 0. The molecule has 0 unspecified atom stereocenters. The molecule has 0 amide bonds. The summed E-state index contributed by atoms with van der Waals surface area (Å²) < 4.78 is 21.8. The SMILES string of the molecule is COc1cc(-c2nn(C)c(=S)n(C)c2=O)c(F)cc1Cl. The highest BCUT2D eigenvalue weighted by Gasteiger charge is 2.17. The van der Waals surface area contributed by atoms with Gasteiger partial charge in [-0.3, -0.25) is 9.36 Å². The molecule has 1 aromatic heterocycles. The lowest BCUT2D eigenvalue weighted by Crippen LogP contribution is -2.25. The lowest BCUT2D eigenvalue weighted by Gasteiger charge is -2.10. The van der Waals surface area contributed by atoms with Gasteiger partial charge in [-0.2, -0.15) is 5.10 Å². The zero-order chi connectivity index (χ0) is 15.0. The standard InChI is InChI=1S/C12H11ClFN3O2S/c1-16-11(18)10(15-17(2)12(16)20)6-4-9(19-3)7(13)5-8(6)14/h4-5H,1-3H3. The third-order valence-corrected chi connectivity index (χ3v) is 3.65. The van der Waals surface area contributed by atoms with Gasteiger partial charge in [-0.05, 0) is 24.4 Å². The molecule has 0 bridgehead atoms. The first-order chi connectivity index (χ1) is 9.36. The van der Waals surface area contributed by atoms with Crippen LogP contribution in [0.1, 0.15) is 0 Å². The van der Waals surface area contributed by atoms with E-state index in [9.17, 15) is 9.18 Å². The van der Waals surface area contributed by atoms with Crippen molar-refractivity contribution in [3.63, 3.8) is 0 Å². The van der Waals surface area contributed by atoms with Gasteiger partial charge >= 0.3 is 0 Å². The number of rotatable bonds is 2. The normalized spacial score (nSPS) is 10.7. The van der Waals surface area contributed by atoms with Crippen LogP contribution in [0, 0.1) is 10.6 Å². The first kappa shape index (κ1) is 14.7. The Kier molecular flexibility index (Phi) is 3.92. The fourth-order valence-electron chi connectivity index (χ4n) is 1.73. The molecule has 0 aliphatic rings. The zero-order valence-corrected chi connectivity index (χ0v) is 12.5. The Bertz CT molecular complexity index is 801. The van der Waals surface area contributed by atoms with E-state index in [1.165, 1.54) is 29.5 Å². The Balaban J connectivity index is 2.82. The molecule has 2 aromatic rings. The van der Waals surface area contributed by atoms with Crippen molar-refractivity contribution in [2.45, 2.75) is 0 Å². The average molecular weight is 316 g/mol. The molecule has 2 rings (SSSR count). The molecular formula is C12H11ClFN3O2S. The lowest BCUT2D eigenvalue weighted by molar-refractivity contribution is 0.414. The molecule has 0 aliphatic carbocycles. The molecule has 20 heavy (non-hydrogen) atoms. The minimum Gasteiger partial charge on any atom is -0.495 e. The molecule has 1 aromatic carbocycles. The summed E-state index contributed by atoms with van der Waals surface area (Å²) in [6.45, 7) is 0. The fourth-order valence-corrected chi connectivity index (χ4v) is 2.09. The van der Waals surface area contributed by atoms with Crippen molar-refractivity contribution < 1.29 is 9.13 Å². The summed E-state index contributed by atoms with van der Waals surface area (Å²) in [4.78, 5) is 12.2. The topological polar surface area (TPSA) is 49.0 Å². The molecule has 0 spiro atoms. The molecule has 0 radical (unpaired) electrons. The van der Waals surface area contributed by atoms with E-state index in [0.717, 1.165) is 6.07 Å². The Morgan fingerprint density at radius 1 is 1.40 bits per heavy atom. The maximum absolute atomic E-state index is 14.0. The van der Waals surface area contributed by atoms with Crippen molar-refractivity contribution in [2.24, 2.45) is 14.1 Å². The maximum Gasteiger partial charge on any atom is 0.280 e. The summed E-state index contributed by atoms with van der Waals surface area (Å²) >= 11 is 10.8. The molecule has 8 heteroatoms. The van der Waals surface area contributed by atoms with E-state index in [1.54, 1.807) is 7.05 Å². The predicted octanol–water partition coefficient (Wildman–Crippen LogP) is 2.32. The van der Waals surface area contributed by atoms with Gasteiger partial charge in [0.1, 0.15) is 11.6 Å². The number of benzene rings is 1. The maximum atomic E-state index is 14.0. The Morgan fingerprint density at radius 2 is 2.05 bits per heavy atom. The molecule has 5 nitrogen and oxygen atoms in total. The third kappa shape index (κ3) is 2.34. The van der Waals surface area contributed by atoms with E-state index in [2.05, 4.69) is 5.10 Å². The summed E-state index contributed by atoms with van der Waals surface area (Å²) in [5.41, 5.74) is -0.537. The van der Waals surface area contributed by atoms with Crippen molar-refractivity contribution in [3.8, 4) is 17.0 Å². The monoisotopic (exact) mass is 315 g/mol. The first-order valence-corrected chi connectivity index (χ1v) is 6.33. The molecule has 0 N–H and O–H groups in total. The van der Waals surface area contributed by atoms with Gasteiger partial charge in [0.15, 0.2) is 10.5 Å². The Morgan fingerprint density at radius 3 is 2.65 bits per heavy atom. The van der Waals surface area contributed by atoms with Gasteiger partial charge in [0.25, 0.3) is 5.56 Å². The summed E-state index contributed by atoms with van der Waals surface area (Å²) in [5, 5.41) is 4.13. The first-order valence-electron chi connectivity index (χ1n) is 5.54. The van der Waals surface area contributed by atoms with Crippen LogP contribution in [0.3, 0.4) is 0 Å². The zero-order valence-electron chi connectivity index (χ0n) is 11.0. The van der Waals surface area contributed by atoms with Crippen LogP contribution >= 0.6 is 23.8 Å². The van der Waals surface area contributed by atoms with Gasteiger partial charge in [-0.25, -0.2) is 9.07 Å². The molecule has 1 heterocycles. The molecule has 0 saturated heterocycles. The molecule has 0 aliphatic heterocycles. The van der Waals surface area contributed by atoms with Crippen molar-refractivity contribution >= 4 is 23.8 Å². The number of aromatic nitrogens is 3. The Labute approximate surface area is 124 Å². The minimum atomic E-state index is -0.655. The number of methoxy groups -OCH3 is 1. The van der Waals surface area contributed by atoms with E-state index in [-0.39, 0.29) is 26.8 Å². The van der Waals surface area contributed by atoms with E-state index in [4.69, 9.17) is 28.6 Å². The van der Waals surface area contributed by atoms with Gasteiger partial charge < -0.3 is 4.74 Å². The van der Waals surface area contributed by atoms with Crippen LogP contribution < -0.4 is 10.3 Å².